The molecule has 20 heavy (non-hydrogen) atoms. The monoisotopic (exact) mass is 278 g/mol. The summed E-state index contributed by atoms with van der Waals surface area (Å²) in [5.41, 5.74) is 5.99. The third-order valence-corrected chi connectivity index (χ3v) is 3.87. The Morgan fingerprint density at radius 1 is 1.50 bits per heavy atom. The molecule has 5 nitrogen and oxygen atoms in total. The Kier molecular flexibility index (Phi) is 4.81. The maximum absolute atomic E-state index is 6.03. The van der Waals surface area contributed by atoms with E-state index in [1.54, 1.807) is 0 Å². The molecule has 5 heteroatoms. The first kappa shape index (κ1) is 15.0. The number of ether oxygens (including phenoxy) is 1. The van der Waals surface area contributed by atoms with Gasteiger partial charge in [-0.15, -0.1) is 0 Å². The van der Waals surface area contributed by atoms with Crippen LogP contribution in [0.4, 0.5) is 5.82 Å². The Morgan fingerprint density at radius 2 is 2.30 bits per heavy atom. The van der Waals surface area contributed by atoms with Crippen LogP contribution >= 0.6 is 0 Å². The van der Waals surface area contributed by atoms with Crippen LogP contribution in [0.5, 0.6) is 5.88 Å². The molecule has 1 aliphatic carbocycles. The number of anilines is 1. The molecule has 2 rings (SSSR count). The minimum Gasteiger partial charge on any atom is -0.475 e. The highest BCUT2D eigenvalue weighted by atomic mass is 16.5. The van der Waals surface area contributed by atoms with Crippen LogP contribution in [0.25, 0.3) is 0 Å². The zero-order chi connectivity index (χ0) is 14.6. The molecule has 0 saturated heterocycles. The van der Waals surface area contributed by atoms with Gasteiger partial charge in [0.05, 0.1) is 11.6 Å². The average molecular weight is 278 g/mol. The number of aromatic nitrogens is 2. The van der Waals surface area contributed by atoms with Crippen LogP contribution in [0.2, 0.25) is 0 Å². The van der Waals surface area contributed by atoms with E-state index in [2.05, 4.69) is 22.2 Å². The van der Waals surface area contributed by atoms with Gasteiger partial charge in [0.25, 0.3) is 0 Å². The Labute approximate surface area is 121 Å². The number of rotatable bonds is 5. The first-order valence-corrected chi connectivity index (χ1v) is 7.50. The minimum atomic E-state index is -0.0406. The summed E-state index contributed by atoms with van der Waals surface area (Å²) in [6.45, 7) is 6.89. The third-order valence-electron chi connectivity index (χ3n) is 3.87. The number of hydrogen-bond donors (Lipinski definition) is 2. The standard InChI is InChI=1S/C15H26N4O/c1-11(2)20-14-7-13(17-10-18-14)19-15(9-16)6-4-5-12(3)8-15/h7,10-12H,4-6,8-9,16H2,1-3H3,(H,17,18,19). The summed E-state index contributed by atoms with van der Waals surface area (Å²) < 4.78 is 5.61. The van der Waals surface area contributed by atoms with Crippen molar-refractivity contribution in [3.05, 3.63) is 12.4 Å². The number of nitrogens with zero attached hydrogens (tertiary/aromatic N) is 2. The Bertz CT molecular complexity index is 438. The van der Waals surface area contributed by atoms with Crippen molar-refractivity contribution < 1.29 is 4.74 Å². The first-order chi connectivity index (χ1) is 9.53. The largest absolute Gasteiger partial charge is 0.475 e. The smallest absolute Gasteiger partial charge is 0.218 e. The zero-order valence-electron chi connectivity index (χ0n) is 12.7. The van der Waals surface area contributed by atoms with E-state index in [9.17, 15) is 0 Å². The molecule has 0 amide bonds. The van der Waals surface area contributed by atoms with Gasteiger partial charge in [0.1, 0.15) is 12.1 Å². The highest BCUT2D eigenvalue weighted by Crippen LogP contribution is 2.34. The molecule has 2 unspecified atom stereocenters. The molecule has 0 radical (unpaired) electrons. The van der Waals surface area contributed by atoms with Gasteiger partial charge in [0.15, 0.2) is 0 Å². The van der Waals surface area contributed by atoms with Gasteiger partial charge >= 0.3 is 0 Å². The molecule has 1 aliphatic rings. The minimum absolute atomic E-state index is 0.0406. The molecule has 0 aliphatic heterocycles. The summed E-state index contributed by atoms with van der Waals surface area (Å²) in [5, 5.41) is 3.53. The van der Waals surface area contributed by atoms with Crippen LogP contribution in [0, 0.1) is 5.92 Å². The van der Waals surface area contributed by atoms with Crippen LogP contribution in [0.15, 0.2) is 12.4 Å². The van der Waals surface area contributed by atoms with Crippen molar-refractivity contribution >= 4 is 5.82 Å². The predicted molar refractivity (Wildman–Crippen MR) is 80.8 cm³/mol. The Balaban J connectivity index is 2.11. The van der Waals surface area contributed by atoms with Crippen molar-refractivity contribution in [3.8, 4) is 5.88 Å². The summed E-state index contributed by atoms with van der Waals surface area (Å²) in [7, 11) is 0. The second-order valence-electron chi connectivity index (χ2n) is 6.22. The molecule has 1 fully saturated rings. The number of hydrogen-bond acceptors (Lipinski definition) is 5. The fourth-order valence-electron chi connectivity index (χ4n) is 3.00. The molecular weight excluding hydrogens is 252 g/mol. The van der Waals surface area contributed by atoms with E-state index in [1.807, 2.05) is 19.9 Å². The van der Waals surface area contributed by atoms with Gasteiger partial charge < -0.3 is 15.8 Å². The van der Waals surface area contributed by atoms with Crippen LogP contribution in [-0.4, -0.2) is 28.2 Å². The third kappa shape index (κ3) is 3.82. The molecule has 1 aromatic heterocycles. The molecule has 0 aromatic carbocycles. The molecule has 3 N–H and O–H groups in total. The summed E-state index contributed by atoms with van der Waals surface area (Å²) in [5.74, 6) is 2.11. The molecule has 1 aromatic rings. The molecular formula is C15H26N4O. The van der Waals surface area contributed by atoms with Crippen molar-refractivity contribution in [1.82, 2.24) is 9.97 Å². The summed E-state index contributed by atoms with van der Waals surface area (Å²) >= 11 is 0. The van der Waals surface area contributed by atoms with E-state index in [0.717, 1.165) is 18.7 Å². The van der Waals surface area contributed by atoms with E-state index in [-0.39, 0.29) is 11.6 Å². The molecule has 1 heterocycles. The Hall–Kier alpha value is -1.36. The van der Waals surface area contributed by atoms with Crippen LogP contribution in [0.3, 0.4) is 0 Å². The van der Waals surface area contributed by atoms with Crippen LogP contribution in [-0.2, 0) is 0 Å². The lowest BCUT2D eigenvalue weighted by molar-refractivity contribution is 0.232. The molecule has 0 bridgehead atoms. The van der Waals surface area contributed by atoms with Crippen LogP contribution < -0.4 is 15.8 Å². The van der Waals surface area contributed by atoms with Gasteiger partial charge in [-0.2, -0.15) is 0 Å². The molecule has 1 saturated carbocycles. The van der Waals surface area contributed by atoms with Gasteiger partial charge in [-0.25, -0.2) is 9.97 Å². The summed E-state index contributed by atoms with van der Waals surface area (Å²) in [6.07, 6.45) is 6.33. The summed E-state index contributed by atoms with van der Waals surface area (Å²) in [6, 6.07) is 1.86. The highest BCUT2D eigenvalue weighted by Gasteiger charge is 2.34. The number of nitrogens with one attached hydrogen (secondary N) is 1. The highest BCUT2D eigenvalue weighted by molar-refractivity contribution is 5.40. The van der Waals surface area contributed by atoms with Crippen molar-refractivity contribution in [2.24, 2.45) is 11.7 Å². The Morgan fingerprint density at radius 3 is 2.95 bits per heavy atom. The lowest BCUT2D eigenvalue weighted by atomic mass is 9.76. The van der Waals surface area contributed by atoms with E-state index < -0.39 is 0 Å². The normalized spacial score (nSPS) is 26.6. The van der Waals surface area contributed by atoms with Crippen molar-refractivity contribution in [1.29, 1.82) is 0 Å². The van der Waals surface area contributed by atoms with Gasteiger partial charge in [-0.1, -0.05) is 19.8 Å². The number of nitrogens with two attached hydrogens (primary N) is 1. The fourth-order valence-corrected chi connectivity index (χ4v) is 3.00. The SMILES string of the molecule is CC1CCCC(CN)(Nc2cc(OC(C)C)ncn2)C1. The van der Waals surface area contributed by atoms with E-state index in [1.165, 1.54) is 19.2 Å². The maximum atomic E-state index is 6.03. The first-order valence-electron chi connectivity index (χ1n) is 7.50. The molecule has 2 atom stereocenters. The maximum Gasteiger partial charge on any atom is 0.218 e. The lowest BCUT2D eigenvalue weighted by Gasteiger charge is -2.40. The second kappa shape index (κ2) is 6.39. The van der Waals surface area contributed by atoms with Crippen molar-refractivity contribution in [2.45, 2.75) is 58.1 Å². The van der Waals surface area contributed by atoms with Crippen LogP contribution in [0.1, 0.15) is 46.5 Å². The summed E-state index contributed by atoms with van der Waals surface area (Å²) in [4.78, 5) is 8.43. The lowest BCUT2D eigenvalue weighted by Crippen LogP contribution is -2.48. The van der Waals surface area contributed by atoms with Gasteiger partial charge in [-0.3, -0.25) is 0 Å². The topological polar surface area (TPSA) is 73.1 Å². The van der Waals surface area contributed by atoms with E-state index in [4.69, 9.17) is 10.5 Å². The predicted octanol–water partition coefficient (Wildman–Crippen LogP) is 2.58. The van der Waals surface area contributed by atoms with Crippen molar-refractivity contribution in [2.75, 3.05) is 11.9 Å². The average Bonchev–Trinajstić information content (AvgIpc) is 2.38. The van der Waals surface area contributed by atoms with Gasteiger partial charge in [-0.05, 0) is 32.6 Å². The van der Waals surface area contributed by atoms with E-state index >= 15 is 0 Å². The fraction of sp³-hybridized carbons (Fsp3) is 0.733. The second-order valence-corrected chi connectivity index (χ2v) is 6.22. The zero-order valence-corrected chi connectivity index (χ0v) is 12.7. The molecule has 0 spiro atoms. The van der Waals surface area contributed by atoms with Crippen molar-refractivity contribution in [3.63, 3.8) is 0 Å². The van der Waals surface area contributed by atoms with E-state index in [0.29, 0.717) is 18.3 Å². The quantitative estimate of drug-likeness (QED) is 0.866. The molecule has 112 valence electrons. The van der Waals surface area contributed by atoms with Gasteiger partial charge in [0, 0.05) is 12.6 Å². The van der Waals surface area contributed by atoms with Gasteiger partial charge in [0.2, 0.25) is 5.88 Å².